The van der Waals surface area contributed by atoms with Crippen LogP contribution in [0.3, 0.4) is 0 Å². The van der Waals surface area contributed by atoms with Gasteiger partial charge in [-0.2, -0.15) is 0 Å². The Labute approximate surface area is 219 Å². The number of hydrogen-bond donors (Lipinski definition) is 1. The smallest absolute Gasteiger partial charge is 0.289 e. The summed E-state index contributed by atoms with van der Waals surface area (Å²) >= 11 is 7.68. The molecule has 1 saturated heterocycles. The highest BCUT2D eigenvalue weighted by Crippen LogP contribution is 2.24. The number of rotatable bonds is 4. The second kappa shape index (κ2) is 10.6. The molecule has 36 heavy (non-hydrogen) atoms. The molecule has 2 aromatic carbocycles. The van der Waals surface area contributed by atoms with Gasteiger partial charge in [0.05, 0.1) is 0 Å². The third-order valence-corrected chi connectivity index (χ3v) is 7.45. The summed E-state index contributed by atoms with van der Waals surface area (Å²) in [5, 5.41) is 6.59. The van der Waals surface area contributed by atoms with Crippen LogP contribution in [0, 0.1) is 0 Å². The van der Waals surface area contributed by atoms with Crippen LogP contribution in [0.15, 0.2) is 71.3 Å². The zero-order valence-corrected chi connectivity index (χ0v) is 21.4. The number of amidine groups is 1. The monoisotopic (exact) mass is 519 g/mol. The van der Waals surface area contributed by atoms with E-state index in [1.165, 1.54) is 0 Å². The van der Waals surface area contributed by atoms with Crippen LogP contribution in [-0.2, 0) is 4.79 Å². The van der Waals surface area contributed by atoms with Gasteiger partial charge in [0.15, 0.2) is 5.84 Å². The van der Waals surface area contributed by atoms with Crippen molar-refractivity contribution < 1.29 is 9.59 Å². The number of carbonyl (C=O) groups is 2. The van der Waals surface area contributed by atoms with Gasteiger partial charge in [-0.05, 0) is 48.7 Å². The van der Waals surface area contributed by atoms with E-state index in [1.807, 2.05) is 71.9 Å². The Bertz CT molecular complexity index is 1340. The van der Waals surface area contributed by atoms with Gasteiger partial charge in [0.1, 0.15) is 5.01 Å². The lowest BCUT2D eigenvalue weighted by Crippen LogP contribution is -2.57. The highest BCUT2D eigenvalue weighted by atomic mass is 35.5. The summed E-state index contributed by atoms with van der Waals surface area (Å²) in [5.41, 5.74) is 3.62. The minimum Gasteiger partial charge on any atom is -0.342 e. The fourth-order valence-electron chi connectivity index (χ4n) is 4.52. The maximum atomic E-state index is 13.3. The molecule has 3 aromatic rings. The number of aromatic nitrogens is 1. The quantitative estimate of drug-likeness (QED) is 0.547. The van der Waals surface area contributed by atoms with Gasteiger partial charge in [0.2, 0.25) is 0 Å². The van der Waals surface area contributed by atoms with Crippen molar-refractivity contribution in [1.82, 2.24) is 20.1 Å². The maximum absolute atomic E-state index is 13.3. The highest BCUT2D eigenvalue weighted by molar-refractivity contribution is 7.13. The Morgan fingerprint density at radius 3 is 2.69 bits per heavy atom. The molecule has 0 bridgehead atoms. The van der Waals surface area contributed by atoms with Gasteiger partial charge in [-0.25, -0.2) is 4.98 Å². The summed E-state index contributed by atoms with van der Waals surface area (Å²) in [6, 6.07) is 15.1. The van der Waals surface area contributed by atoms with E-state index in [-0.39, 0.29) is 17.9 Å². The molecule has 1 fully saturated rings. The van der Waals surface area contributed by atoms with Crippen LogP contribution < -0.4 is 5.32 Å². The molecule has 0 radical (unpaired) electrons. The molecule has 0 spiro atoms. The first-order chi connectivity index (χ1) is 17.5. The third kappa shape index (κ3) is 5.20. The average Bonchev–Trinajstić information content (AvgIpc) is 3.32. The van der Waals surface area contributed by atoms with Crippen molar-refractivity contribution >= 4 is 46.2 Å². The molecule has 2 amide bonds. The summed E-state index contributed by atoms with van der Waals surface area (Å²) < 4.78 is 0. The number of thiazole rings is 1. The van der Waals surface area contributed by atoms with E-state index >= 15 is 0 Å². The van der Waals surface area contributed by atoms with Crippen LogP contribution >= 0.6 is 22.9 Å². The lowest BCUT2D eigenvalue weighted by Gasteiger charge is -2.40. The zero-order valence-electron chi connectivity index (χ0n) is 19.9. The van der Waals surface area contributed by atoms with Gasteiger partial charge in [-0.1, -0.05) is 35.9 Å². The first-order valence-electron chi connectivity index (χ1n) is 11.9. The summed E-state index contributed by atoms with van der Waals surface area (Å²) in [6.45, 7) is 3.85. The standard InChI is InChI=1S/C27H26ClN5O2S/c1-18-17-32(26(34)21-6-2-5-20(14-21)25-30-10-13-36-25)11-12-33(18)27(35)24-29-9-8-22(16-31-24)19-4-3-7-23(28)15-19/h2-7,10,13-16,18H,8-9,11-12,17H2,1H3,(H,29,31). The number of aliphatic imine (C=N–C) groups is 1. The lowest BCUT2D eigenvalue weighted by atomic mass is 10.0. The molecule has 1 atom stereocenters. The number of carbonyl (C=O) groups excluding carboxylic acids is 2. The fourth-order valence-corrected chi connectivity index (χ4v) is 5.35. The Kier molecular flexibility index (Phi) is 7.16. The van der Waals surface area contributed by atoms with E-state index in [0.29, 0.717) is 49.0 Å². The molecule has 2 aliphatic rings. The van der Waals surface area contributed by atoms with Crippen molar-refractivity contribution in [3.8, 4) is 10.6 Å². The Morgan fingerprint density at radius 2 is 1.92 bits per heavy atom. The molecule has 3 heterocycles. The van der Waals surface area contributed by atoms with Crippen molar-refractivity contribution in [2.75, 3.05) is 26.2 Å². The number of nitrogens with zero attached hydrogens (tertiary/aromatic N) is 4. The van der Waals surface area contributed by atoms with Crippen molar-refractivity contribution in [3.63, 3.8) is 0 Å². The number of halogens is 1. The molecular formula is C27H26ClN5O2S. The van der Waals surface area contributed by atoms with E-state index in [1.54, 1.807) is 22.4 Å². The van der Waals surface area contributed by atoms with Gasteiger partial charge < -0.3 is 15.1 Å². The highest BCUT2D eigenvalue weighted by Gasteiger charge is 2.32. The maximum Gasteiger partial charge on any atom is 0.289 e. The van der Waals surface area contributed by atoms with Gasteiger partial charge in [-0.3, -0.25) is 14.6 Å². The predicted octanol–water partition coefficient (Wildman–Crippen LogP) is 4.57. The zero-order chi connectivity index (χ0) is 25.1. The molecule has 1 N–H and O–H groups in total. The van der Waals surface area contributed by atoms with Crippen LogP contribution in [0.5, 0.6) is 0 Å². The van der Waals surface area contributed by atoms with E-state index in [9.17, 15) is 9.59 Å². The average molecular weight is 520 g/mol. The molecule has 0 saturated carbocycles. The van der Waals surface area contributed by atoms with Crippen LogP contribution in [0.2, 0.25) is 5.02 Å². The van der Waals surface area contributed by atoms with Gasteiger partial charge in [0.25, 0.3) is 11.8 Å². The number of nitrogens with one attached hydrogen (secondary N) is 1. The number of piperazine rings is 1. The van der Waals surface area contributed by atoms with E-state index < -0.39 is 0 Å². The topological polar surface area (TPSA) is 77.9 Å². The van der Waals surface area contributed by atoms with Gasteiger partial charge in [0, 0.05) is 66.1 Å². The summed E-state index contributed by atoms with van der Waals surface area (Å²) in [6.07, 6.45) is 4.31. The Hall–Kier alpha value is -3.49. The van der Waals surface area contributed by atoms with Crippen LogP contribution in [0.4, 0.5) is 0 Å². The molecular weight excluding hydrogens is 494 g/mol. The van der Waals surface area contributed by atoms with Crippen molar-refractivity contribution in [1.29, 1.82) is 0 Å². The summed E-state index contributed by atoms with van der Waals surface area (Å²) in [5.74, 6) is 0.144. The summed E-state index contributed by atoms with van der Waals surface area (Å²) in [4.78, 5) is 39.0. The minimum absolute atomic E-state index is 0.0358. The third-order valence-electron chi connectivity index (χ3n) is 6.40. The summed E-state index contributed by atoms with van der Waals surface area (Å²) in [7, 11) is 0. The van der Waals surface area contributed by atoms with Gasteiger partial charge in [-0.15, -0.1) is 11.3 Å². The first-order valence-corrected chi connectivity index (χ1v) is 13.1. The predicted molar refractivity (Wildman–Crippen MR) is 144 cm³/mol. The lowest BCUT2D eigenvalue weighted by molar-refractivity contribution is -0.128. The second-order valence-electron chi connectivity index (χ2n) is 8.82. The Balaban J connectivity index is 1.23. The molecule has 184 valence electrons. The number of amides is 2. The molecule has 1 unspecified atom stereocenters. The molecule has 9 heteroatoms. The van der Waals surface area contributed by atoms with E-state index in [4.69, 9.17) is 11.6 Å². The molecule has 0 aliphatic carbocycles. The molecule has 1 aromatic heterocycles. The Morgan fingerprint density at radius 1 is 1.08 bits per heavy atom. The van der Waals surface area contributed by atoms with Crippen molar-refractivity contribution in [3.05, 3.63) is 82.5 Å². The minimum atomic E-state index is -0.149. The molecule has 2 aliphatic heterocycles. The van der Waals surface area contributed by atoms with Crippen LogP contribution in [0.1, 0.15) is 29.3 Å². The largest absolute Gasteiger partial charge is 0.342 e. The van der Waals surface area contributed by atoms with E-state index in [0.717, 1.165) is 21.7 Å². The SMILES string of the molecule is CC1CN(C(=O)c2cccc(-c3nccs3)c2)CCN1C(=O)C1=NCCC(c2cccc(Cl)c2)=CN1. The van der Waals surface area contributed by atoms with E-state index in [2.05, 4.69) is 15.3 Å². The van der Waals surface area contributed by atoms with Gasteiger partial charge >= 0.3 is 0 Å². The van der Waals surface area contributed by atoms with Crippen LogP contribution in [0.25, 0.3) is 16.1 Å². The molecule has 5 rings (SSSR count). The first kappa shape index (κ1) is 24.2. The number of benzene rings is 2. The second-order valence-corrected chi connectivity index (χ2v) is 10.2. The van der Waals surface area contributed by atoms with Crippen LogP contribution in [-0.4, -0.2) is 64.7 Å². The molecule has 7 nitrogen and oxygen atoms in total. The number of hydrogen-bond acceptors (Lipinski definition) is 6. The fraction of sp³-hybridized carbons (Fsp3) is 0.259. The van der Waals surface area contributed by atoms with Crippen molar-refractivity contribution in [2.45, 2.75) is 19.4 Å². The normalized spacial score (nSPS) is 18.1. The van der Waals surface area contributed by atoms with Crippen molar-refractivity contribution in [2.24, 2.45) is 4.99 Å².